The van der Waals surface area contributed by atoms with Gasteiger partial charge in [0.15, 0.2) is 0 Å². The highest BCUT2D eigenvalue weighted by molar-refractivity contribution is 5.89. The molecule has 0 aliphatic heterocycles. The Hall–Kier alpha value is -2.49. The zero-order chi connectivity index (χ0) is 16.8. The normalized spacial score (nSPS) is 11.7. The van der Waals surface area contributed by atoms with E-state index in [1.807, 2.05) is 32.0 Å². The topological polar surface area (TPSA) is 50.4 Å². The molecular formula is C19H24N2O2. The average molecular weight is 312 g/mol. The molecule has 0 fully saturated rings. The minimum atomic E-state index is -0.221. The van der Waals surface area contributed by atoms with E-state index in [-0.39, 0.29) is 12.1 Å². The molecule has 122 valence electrons. The van der Waals surface area contributed by atoms with Crippen molar-refractivity contribution in [2.75, 3.05) is 12.4 Å². The lowest BCUT2D eigenvalue weighted by molar-refractivity contribution is 0.249. The molecule has 2 aromatic carbocycles. The molecule has 2 aromatic rings. The van der Waals surface area contributed by atoms with Crippen molar-refractivity contribution in [2.45, 2.75) is 33.2 Å². The highest BCUT2D eigenvalue weighted by atomic mass is 16.5. The maximum atomic E-state index is 12.1. The Morgan fingerprint density at radius 3 is 2.43 bits per heavy atom. The van der Waals surface area contributed by atoms with E-state index in [1.54, 1.807) is 7.11 Å². The van der Waals surface area contributed by atoms with Gasteiger partial charge in [0.2, 0.25) is 0 Å². The van der Waals surface area contributed by atoms with Crippen LogP contribution in [0.15, 0.2) is 42.5 Å². The number of hydrogen-bond donors (Lipinski definition) is 2. The highest BCUT2D eigenvalue weighted by Gasteiger charge is 2.10. The quantitative estimate of drug-likeness (QED) is 0.857. The van der Waals surface area contributed by atoms with Gasteiger partial charge in [-0.25, -0.2) is 4.79 Å². The van der Waals surface area contributed by atoms with Gasteiger partial charge in [0, 0.05) is 5.69 Å². The summed E-state index contributed by atoms with van der Waals surface area (Å²) in [4.78, 5) is 12.1. The fraction of sp³-hybridized carbons (Fsp3) is 0.316. The van der Waals surface area contributed by atoms with E-state index in [0.717, 1.165) is 29.0 Å². The average Bonchev–Trinajstić information content (AvgIpc) is 2.55. The number of ether oxygens (including phenoxy) is 1. The molecule has 0 saturated heterocycles. The monoisotopic (exact) mass is 312 g/mol. The van der Waals surface area contributed by atoms with Crippen molar-refractivity contribution < 1.29 is 9.53 Å². The van der Waals surface area contributed by atoms with E-state index < -0.39 is 0 Å². The Labute approximate surface area is 137 Å². The third-order valence-corrected chi connectivity index (χ3v) is 3.89. The predicted octanol–water partition coefficient (Wildman–Crippen LogP) is 4.45. The summed E-state index contributed by atoms with van der Waals surface area (Å²) in [6, 6.07) is 13.6. The fourth-order valence-electron chi connectivity index (χ4n) is 2.45. The van der Waals surface area contributed by atoms with Crippen LogP contribution in [0.2, 0.25) is 0 Å². The summed E-state index contributed by atoms with van der Waals surface area (Å²) in [6.07, 6.45) is 1.01. The molecule has 0 aromatic heterocycles. The second-order valence-electron chi connectivity index (χ2n) is 5.60. The third kappa shape index (κ3) is 4.49. The Balaban J connectivity index is 1.96. The van der Waals surface area contributed by atoms with Gasteiger partial charge in [0.25, 0.3) is 0 Å². The summed E-state index contributed by atoms with van der Waals surface area (Å²) in [5, 5.41) is 5.80. The standard InChI is InChI=1S/C19H24N2O2/c1-5-15-6-8-16(9-7-15)14(3)20-19(22)21-17-10-11-18(23-4)13(2)12-17/h6-12,14H,5H2,1-4H3,(H2,20,21,22). The van der Waals surface area contributed by atoms with Crippen LogP contribution >= 0.6 is 0 Å². The fourth-order valence-corrected chi connectivity index (χ4v) is 2.45. The SMILES string of the molecule is CCc1ccc(C(C)NC(=O)Nc2ccc(OC)c(C)c2)cc1. The lowest BCUT2D eigenvalue weighted by Gasteiger charge is -2.16. The zero-order valence-corrected chi connectivity index (χ0v) is 14.1. The molecule has 4 heteroatoms. The van der Waals surface area contributed by atoms with Gasteiger partial charge >= 0.3 is 6.03 Å². The number of carbonyl (C=O) groups is 1. The first kappa shape index (κ1) is 16.9. The smallest absolute Gasteiger partial charge is 0.319 e. The Morgan fingerprint density at radius 2 is 1.87 bits per heavy atom. The number of amides is 2. The summed E-state index contributed by atoms with van der Waals surface area (Å²) < 4.78 is 5.22. The lowest BCUT2D eigenvalue weighted by atomic mass is 10.1. The van der Waals surface area contributed by atoms with E-state index >= 15 is 0 Å². The minimum absolute atomic E-state index is 0.0553. The van der Waals surface area contributed by atoms with Crippen LogP contribution in [0.5, 0.6) is 5.75 Å². The van der Waals surface area contributed by atoms with Crippen LogP contribution in [0, 0.1) is 6.92 Å². The summed E-state index contributed by atoms with van der Waals surface area (Å²) in [6.45, 7) is 6.04. The molecule has 0 saturated carbocycles. The van der Waals surface area contributed by atoms with Crippen molar-refractivity contribution in [3.8, 4) is 5.75 Å². The predicted molar refractivity (Wildman–Crippen MR) is 94.1 cm³/mol. The molecule has 2 N–H and O–H groups in total. The van der Waals surface area contributed by atoms with E-state index in [4.69, 9.17) is 4.74 Å². The van der Waals surface area contributed by atoms with Gasteiger partial charge in [0.1, 0.15) is 5.75 Å². The number of methoxy groups -OCH3 is 1. The number of rotatable bonds is 5. The van der Waals surface area contributed by atoms with E-state index in [9.17, 15) is 4.79 Å². The molecule has 1 unspecified atom stereocenters. The van der Waals surface area contributed by atoms with Crippen molar-refractivity contribution in [1.82, 2.24) is 5.32 Å². The van der Waals surface area contributed by atoms with Crippen LogP contribution in [0.4, 0.5) is 10.5 Å². The van der Waals surface area contributed by atoms with Gasteiger partial charge in [-0.05, 0) is 55.2 Å². The molecule has 2 amide bonds. The van der Waals surface area contributed by atoms with Crippen molar-refractivity contribution in [3.63, 3.8) is 0 Å². The Morgan fingerprint density at radius 1 is 1.17 bits per heavy atom. The Kier molecular flexibility index (Phi) is 5.63. The van der Waals surface area contributed by atoms with Gasteiger partial charge in [-0.1, -0.05) is 31.2 Å². The van der Waals surface area contributed by atoms with Crippen molar-refractivity contribution in [1.29, 1.82) is 0 Å². The summed E-state index contributed by atoms with van der Waals surface area (Å²) in [5.74, 6) is 0.806. The van der Waals surface area contributed by atoms with Crippen LogP contribution in [-0.4, -0.2) is 13.1 Å². The largest absolute Gasteiger partial charge is 0.496 e. The number of benzene rings is 2. The van der Waals surface area contributed by atoms with Gasteiger partial charge in [-0.3, -0.25) is 0 Å². The molecular weight excluding hydrogens is 288 g/mol. The number of nitrogens with one attached hydrogen (secondary N) is 2. The van der Waals surface area contributed by atoms with Gasteiger partial charge in [-0.2, -0.15) is 0 Å². The maximum Gasteiger partial charge on any atom is 0.319 e. The van der Waals surface area contributed by atoms with E-state index in [2.05, 4.69) is 41.8 Å². The third-order valence-electron chi connectivity index (χ3n) is 3.89. The number of urea groups is 1. The van der Waals surface area contributed by atoms with Crippen LogP contribution in [0.3, 0.4) is 0 Å². The number of carbonyl (C=O) groups excluding carboxylic acids is 1. The van der Waals surface area contributed by atoms with Gasteiger partial charge < -0.3 is 15.4 Å². The summed E-state index contributed by atoms with van der Waals surface area (Å²) in [7, 11) is 1.63. The minimum Gasteiger partial charge on any atom is -0.496 e. The van der Waals surface area contributed by atoms with Crippen LogP contribution in [-0.2, 0) is 6.42 Å². The zero-order valence-electron chi connectivity index (χ0n) is 14.1. The molecule has 23 heavy (non-hydrogen) atoms. The van der Waals surface area contributed by atoms with Gasteiger partial charge in [-0.15, -0.1) is 0 Å². The molecule has 4 nitrogen and oxygen atoms in total. The second kappa shape index (κ2) is 7.68. The second-order valence-corrected chi connectivity index (χ2v) is 5.60. The molecule has 2 rings (SSSR count). The first-order valence-electron chi connectivity index (χ1n) is 7.84. The van der Waals surface area contributed by atoms with Crippen molar-refractivity contribution >= 4 is 11.7 Å². The number of aryl methyl sites for hydroxylation is 2. The lowest BCUT2D eigenvalue weighted by Crippen LogP contribution is -2.31. The highest BCUT2D eigenvalue weighted by Crippen LogP contribution is 2.21. The summed E-state index contributed by atoms with van der Waals surface area (Å²) >= 11 is 0. The number of hydrogen-bond acceptors (Lipinski definition) is 2. The summed E-state index contributed by atoms with van der Waals surface area (Å²) in [5.41, 5.74) is 4.10. The molecule has 0 bridgehead atoms. The van der Waals surface area contributed by atoms with Crippen molar-refractivity contribution in [3.05, 3.63) is 59.2 Å². The molecule has 1 atom stereocenters. The van der Waals surface area contributed by atoms with Gasteiger partial charge in [0.05, 0.1) is 13.2 Å². The molecule has 0 spiro atoms. The molecule has 0 aliphatic carbocycles. The van der Waals surface area contributed by atoms with Crippen LogP contribution in [0.25, 0.3) is 0 Å². The van der Waals surface area contributed by atoms with E-state index in [0.29, 0.717) is 0 Å². The first-order valence-corrected chi connectivity index (χ1v) is 7.84. The molecule has 0 heterocycles. The van der Waals surface area contributed by atoms with Crippen LogP contribution in [0.1, 0.15) is 36.6 Å². The van der Waals surface area contributed by atoms with E-state index in [1.165, 1.54) is 5.56 Å². The number of anilines is 1. The molecule has 0 radical (unpaired) electrons. The molecule has 0 aliphatic rings. The van der Waals surface area contributed by atoms with Crippen molar-refractivity contribution in [2.24, 2.45) is 0 Å². The Bertz CT molecular complexity index is 666. The first-order chi connectivity index (χ1) is 11.0. The maximum absolute atomic E-state index is 12.1. The van der Waals surface area contributed by atoms with Crippen LogP contribution < -0.4 is 15.4 Å².